The van der Waals surface area contributed by atoms with Gasteiger partial charge in [-0.05, 0) is 62.5 Å². The molecule has 0 saturated carbocycles. The Labute approximate surface area is 159 Å². The van der Waals surface area contributed by atoms with Gasteiger partial charge in [-0.3, -0.25) is 4.98 Å². The van der Waals surface area contributed by atoms with Crippen LogP contribution < -0.4 is 10.2 Å². The second kappa shape index (κ2) is 6.92. The Kier molecular flexibility index (Phi) is 4.47. The molecule has 1 N–H and O–H groups in total. The molecule has 0 bridgehead atoms. The number of hydrogen-bond acceptors (Lipinski definition) is 2. The molecule has 3 heterocycles. The van der Waals surface area contributed by atoms with Crippen LogP contribution in [0.3, 0.4) is 0 Å². The van der Waals surface area contributed by atoms with Crippen molar-refractivity contribution in [2.75, 3.05) is 4.90 Å². The molecule has 132 valence electrons. The first-order valence-corrected chi connectivity index (χ1v) is 9.32. The molecule has 1 aliphatic rings. The molecule has 4 nitrogen and oxygen atoms in total. The van der Waals surface area contributed by atoms with Gasteiger partial charge in [-0.1, -0.05) is 23.8 Å². The van der Waals surface area contributed by atoms with Crippen molar-refractivity contribution in [3.63, 3.8) is 0 Å². The van der Waals surface area contributed by atoms with Gasteiger partial charge in [0, 0.05) is 30.3 Å². The summed E-state index contributed by atoms with van der Waals surface area (Å²) in [6.45, 7) is 5.18. The largest absolute Gasteiger partial charge is 0.351 e. The third-order valence-corrected chi connectivity index (χ3v) is 5.23. The molecule has 2 atom stereocenters. The number of hydrogen-bond donors (Lipinski definition) is 1. The van der Waals surface area contributed by atoms with E-state index in [1.54, 1.807) is 0 Å². The molecule has 26 heavy (non-hydrogen) atoms. The monoisotopic (exact) mass is 362 g/mol. The topological polar surface area (TPSA) is 33.1 Å². The third-order valence-electron chi connectivity index (χ3n) is 4.92. The zero-order valence-electron chi connectivity index (χ0n) is 15.0. The Hall–Kier alpha value is -2.66. The molecule has 3 aromatic rings. The minimum absolute atomic E-state index is 0.00482. The quantitative estimate of drug-likeness (QED) is 0.698. The molecule has 0 radical (unpaired) electrons. The standard InChI is InChI=1S/C21H22N4S/c1-3-24-14-6-8-18(24)20-19(17-7-4-5-13-22-17)23-21(26)25(20)16-11-9-15(2)10-12-16/h4-14,19-20H,3H2,1-2H3,(H,23,26)/t19-,20-/m0/s1. The van der Waals surface area contributed by atoms with Crippen molar-refractivity contribution < 1.29 is 0 Å². The van der Waals surface area contributed by atoms with Crippen molar-refractivity contribution in [2.24, 2.45) is 0 Å². The molecule has 0 aliphatic carbocycles. The second-order valence-electron chi connectivity index (χ2n) is 6.55. The van der Waals surface area contributed by atoms with Gasteiger partial charge >= 0.3 is 0 Å². The molecule has 2 aromatic heterocycles. The van der Waals surface area contributed by atoms with E-state index in [1.165, 1.54) is 11.3 Å². The number of anilines is 1. The molecule has 1 aliphatic heterocycles. The molecule has 1 fully saturated rings. The Bertz CT molecular complexity index is 901. The maximum atomic E-state index is 5.74. The van der Waals surface area contributed by atoms with Gasteiger partial charge in [0.1, 0.15) is 6.04 Å². The van der Waals surface area contributed by atoms with Crippen LogP contribution in [0, 0.1) is 6.92 Å². The van der Waals surface area contributed by atoms with Crippen molar-refractivity contribution in [3.8, 4) is 0 Å². The summed E-state index contributed by atoms with van der Waals surface area (Å²) in [6, 6.07) is 18.9. The van der Waals surface area contributed by atoms with Crippen LogP contribution in [0.1, 0.15) is 36.0 Å². The first-order valence-electron chi connectivity index (χ1n) is 8.91. The molecule has 0 spiro atoms. The molecule has 1 saturated heterocycles. The zero-order valence-corrected chi connectivity index (χ0v) is 15.8. The zero-order chi connectivity index (χ0) is 18.1. The van der Waals surface area contributed by atoms with Crippen LogP contribution in [0.5, 0.6) is 0 Å². The summed E-state index contributed by atoms with van der Waals surface area (Å²) in [5.74, 6) is 0. The summed E-state index contributed by atoms with van der Waals surface area (Å²) in [7, 11) is 0. The summed E-state index contributed by atoms with van der Waals surface area (Å²) >= 11 is 5.74. The summed E-state index contributed by atoms with van der Waals surface area (Å²) in [5, 5.41) is 4.24. The highest BCUT2D eigenvalue weighted by molar-refractivity contribution is 7.80. The number of pyridine rings is 1. The minimum Gasteiger partial charge on any atom is -0.351 e. The van der Waals surface area contributed by atoms with E-state index < -0.39 is 0 Å². The van der Waals surface area contributed by atoms with Crippen LogP contribution in [-0.4, -0.2) is 14.7 Å². The van der Waals surface area contributed by atoms with Crippen LogP contribution in [0.4, 0.5) is 5.69 Å². The van der Waals surface area contributed by atoms with Gasteiger partial charge in [-0.2, -0.15) is 0 Å². The summed E-state index contributed by atoms with van der Waals surface area (Å²) in [6.07, 6.45) is 3.96. The number of nitrogens with zero attached hydrogens (tertiary/aromatic N) is 3. The van der Waals surface area contributed by atoms with Gasteiger partial charge < -0.3 is 14.8 Å². The fourth-order valence-corrected chi connectivity index (χ4v) is 3.97. The van der Waals surface area contributed by atoms with E-state index in [0.29, 0.717) is 0 Å². The fourth-order valence-electron chi connectivity index (χ4n) is 3.62. The lowest BCUT2D eigenvalue weighted by atomic mass is 10.0. The van der Waals surface area contributed by atoms with E-state index in [-0.39, 0.29) is 12.1 Å². The summed E-state index contributed by atoms with van der Waals surface area (Å²) in [4.78, 5) is 6.81. The highest BCUT2D eigenvalue weighted by atomic mass is 32.1. The summed E-state index contributed by atoms with van der Waals surface area (Å²) in [5.41, 5.74) is 4.57. The molecule has 5 heteroatoms. The maximum Gasteiger partial charge on any atom is 0.174 e. The predicted octanol–water partition coefficient (Wildman–Crippen LogP) is 4.39. The van der Waals surface area contributed by atoms with Crippen molar-refractivity contribution in [3.05, 3.63) is 83.9 Å². The highest BCUT2D eigenvalue weighted by Gasteiger charge is 2.41. The number of aromatic nitrogens is 2. The Morgan fingerprint density at radius 1 is 1.08 bits per heavy atom. The van der Waals surface area contributed by atoms with E-state index in [0.717, 1.165) is 23.0 Å². The van der Waals surface area contributed by atoms with E-state index >= 15 is 0 Å². The molecular weight excluding hydrogens is 340 g/mol. The first-order chi connectivity index (χ1) is 12.7. The van der Waals surface area contributed by atoms with Crippen molar-refractivity contribution >= 4 is 23.0 Å². The Balaban J connectivity index is 1.84. The normalized spacial score (nSPS) is 19.6. The lowest BCUT2D eigenvalue weighted by Gasteiger charge is -2.28. The number of rotatable bonds is 4. The fraction of sp³-hybridized carbons (Fsp3) is 0.238. The average molecular weight is 363 g/mol. The van der Waals surface area contributed by atoms with Gasteiger partial charge in [0.15, 0.2) is 5.11 Å². The van der Waals surface area contributed by atoms with Gasteiger partial charge in [-0.25, -0.2) is 0 Å². The van der Waals surface area contributed by atoms with Gasteiger partial charge in [0.2, 0.25) is 0 Å². The molecular formula is C21H22N4S. The number of aryl methyl sites for hydroxylation is 2. The molecule has 1 aromatic carbocycles. The first kappa shape index (κ1) is 16.8. The van der Waals surface area contributed by atoms with Gasteiger partial charge in [0.25, 0.3) is 0 Å². The average Bonchev–Trinajstić information content (AvgIpc) is 3.27. The highest BCUT2D eigenvalue weighted by Crippen LogP contribution is 2.41. The van der Waals surface area contributed by atoms with E-state index in [4.69, 9.17) is 12.2 Å². The summed E-state index contributed by atoms with van der Waals surface area (Å²) < 4.78 is 2.28. The SMILES string of the molecule is CCn1cccc1[C@H]1[C@H](c2ccccn2)NC(=S)N1c1ccc(C)cc1. The molecule has 0 unspecified atom stereocenters. The Morgan fingerprint density at radius 2 is 1.88 bits per heavy atom. The van der Waals surface area contributed by atoms with Crippen LogP contribution in [-0.2, 0) is 6.54 Å². The van der Waals surface area contributed by atoms with Crippen molar-refractivity contribution in [1.82, 2.24) is 14.9 Å². The maximum absolute atomic E-state index is 5.74. The lowest BCUT2D eigenvalue weighted by molar-refractivity contribution is 0.529. The van der Waals surface area contributed by atoms with Crippen LogP contribution in [0.15, 0.2) is 67.0 Å². The van der Waals surface area contributed by atoms with E-state index in [2.05, 4.69) is 82.3 Å². The smallest absolute Gasteiger partial charge is 0.174 e. The van der Waals surface area contributed by atoms with E-state index in [9.17, 15) is 0 Å². The number of thiocarbonyl (C=S) groups is 1. The van der Waals surface area contributed by atoms with Gasteiger partial charge in [-0.15, -0.1) is 0 Å². The van der Waals surface area contributed by atoms with Crippen LogP contribution in [0.25, 0.3) is 0 Å². The number of benzene rings is 1. The molecule has 0 amide bonds. The van der Waals surface area contributed by atoms with Crippen LogP contribution >= 0.6 is 12.2 Å². The molecule has 4 rings (SSSR count). The van der Waals surface area contributed by atoms with E-state index in [1.807, 2.05) is 18.3 Å². The van der Waals surface area contributed by atoms with Crippen molar-refractivity contribution in [1.29, 1.82) is 0 Å². The lowest BCUT2D eigenvalue weighted by Crippen LogP contribution is -2.30. The van der Waals surface area contributed by atoms with Crippen LogP contribution in [0.2, 0.25) is 0 Å². The predicted molar refractivity (Wildman–Crippen MR) is 109 cm³/mol. The second-order valence-corrected chi connectivity index (χ2v) is 6.94. The minimum atomic E-state index is 0.00482. The number of nitrogens with one attached hydrogen (secondary N) is 1. The van der Waals surface area contributed by atoms with Gasteiger partial charge in [0.05, 0.1) is 11.7 Å². The Morgan fingerprint density at radius 3 is 2.58 bits per heavy atom. The van der Waals surface area contributed by atoms with Crippen molar-refractivity contribution in [2.45, 2.75) is 32.5 Å². The third kappa shape index (κ3) is 2.88.